The Bertz CT molecular complexity index is 991. The molecule has 2 aliphatic rings. The van der Waals surface area contributed by atoms with Crippen molar-refractivity contribution in [3.8, 4) is 0 Å². The van der Waals surface area contributed by atoms with Crippen molar-refractivity contribution in [3.05, 3.63) is 71.8 Å². The van der Waals surface area contributed by atoms with Crippen LogP contribution in [0.4, 0.5) is 5.69 Å². The number of nitrogens with zero attached hydrogens (tertiary/aromatic N) is 1. The van der Waals surface area contributed by atoms with Crippen LogP contribution in [-0.4, -0.2) is 29.2 Å². The largest absolute Gasteiger partial charge is 0.351 e. The summed E-state index contributed by atoms with van der Waals surface area (Å²) in [6.07, 6.45) is 9.28. The van der Waals surface area contributed by atoms with E-state index in [0.717, 1.165) is 31.2 Å². The molecule has 1 atom stereocenters. The van der Waals surface area contributed by atoms with Crippen molar-refractivity contribution in [1.82, 2.24) is 5.32 Å². The fourth-order valence-corrected chi connectivity index (χ4v) is 4.49. The van der Waals surface area contributed by atoms with E-state index in [4.69, 9.17) is 0 Å². The van der Waals surface area contributed by atoms with Gasteiger partial charge in [0, 0.05) is 17.3 Å². The zero-order chi connectivity index (χ0) is 21.8. The Hall–Kier alpha value is -3.21. The van der Waals surface area contributed by atoms with Gasteiger partial charge in [0.15, 0.2) is 11.3 Å². The Morgan fingerprint density at radius 2 is 1.68 bits per heavy atom. The normalized spacial score (nSPS) is 21.7. The lowest BCUT2D eigenvalue weighted by atomic mass is 9.80. The number of benzene rings is 2. The van der Waals surface area contributed by atoms with E-state index in [0.29, 0.717) is 11.3 Å². The van der Waals surface area contributed by atoms with Crippen molar-refractivity contribution < 1.29 is 14.4 Å². The minimum atomic E-state index is -1.07. The first-order chi connectivity index (χ1) is 15.0. The highest BCUT2D eigenvalue weighted by molar-refractivity contribution is 6.15. The fraction of sp³-hybridized carbons (Fsp3) is 0.346. The molecule has 1 unspecified atom stereocenters. The molecule has 4 rings (SSSR count). The first kappa shape index (κ1) is 21.0. The SMILES string of the molecule is CC(=O)c1ccc(N2C(=O)CC2(/C=C/c2ccccc2)C(=O)NC2CCCCC2)cc1. The number of ketones is 1. The summed E-state index contributed by atoms with van der Waals surface area (Å²) in [4.78, 5) is 39.4. The minimum Gasteiger partial charge on any atom is -0.351 e. The number of amides is 2. The molecular formula is C26H28N2O3. The number of anilines is 1. The van der Waals surface area contributed by atoms with Gasteiger partial charge in [-0.3, -0.25) is 19.3 Å². The number of carbonyl (C=O) groups excluding carboxylic acids is 3. The summed E-state index contributed by atoms with van der Waals surface area (Å²) in [5.74, 6) is -0.277. The van der Waals surface area contributed by atoms with Crippen LogP contribution >= 0.6 is 0 Å². The average Bonchev–Trinajstić information content (AvgIpc) is 2.78. The summed E-state index contributed by atoms with van der Waals surface area (Å²) < 4.78 is 0. The topological polar surface area (TPSA) is 66.5 Å². The number of Topliss-reactive ketones (excluding diaryl/α,β-unsaturated/α-hetero) is 1. The molecule has 0 bridgehead atoms. The molecule has 0 spiro atoms. The molecule has 2 fully saturated rings. The molecule has 5 heteroatoms. The Morgan fingerprint density at radius 1 is 1.00 bits per heavy atom. The highest BCUT2D eigenvalue weighted by atomic mass is 16.2. The second kappa shape index (κ2) is 8.88. The van der Waals surface area contributed by atoms with Gasteiger partial charge in [-0.15, -0.1) is 0 Å². The van der Waals surface area contributed by atoms with Gasteiger partial charge in [0.05, 0.1) is 6.42 Å². The van der Waals surface area contributed by atoms with Crippen molar-refractivity contribution in [1.29, 1.82) is 0 Å². The van der Waals surface area contributed by atoms with Gasteiger partial charge in [0.2, 0.25) is 5.91 Å². The number of rotatable bonds is 6. The molecule has 1 N–H and O–H groups in total. The third-order valence-electron chi connectivity index (χ3n) is 6.29. The van der Waals surface area contributed by atoms with Crippen LogP contribution in [-0.2, 0) is 9.59 Å². The molecule has 1 saturated heterocycles. The predicted octanol–water partition coefficient (Wildman–Crippen LogP) is 4.53. The van der Waals surface area contributed by atoms with Crippen LogP contribution in [0.1, 0.15) is 61.4 Å². The standard InChI is InChI=1S/C26H28N2O3/c1-19(29)21-12-14-23(15-13-21)28-24(30)18-26(28,17-16-20-8-4-2-5-9-20)25(31)27-22-10-6-3-7-11-22/h2,4-5,8-9,12-17,22H,3,6-7,10-11,18H2,1H3,(H,27,31)/b17-16+. The molecule has 2 amide bonds. The third-order valence-corrected chi connectivity index (χ3v) is 6.29. The molecule has 160 valence electrons. The van der Waals surface area contributed by atoms with E-state index in [-0.39, 0.29) is 30.1 Å². The Morgan fingerprint density at radius 3 is 2.29 bits per heavy atom. The highest BCUT2D eigenvalue weighted by Crippen LogP contribution is 2.39. The molecule has 1 aliphatic heterocycles. The molecule has 31 heavy (non-hydrogen) atoms. The number of carbonyl (C=O) groups is 3. The van der Waals surface area contributed by atoms with Gasteiger partial charge in [0.25, 0.3) is 5.91 Å². The molecule has 2 aromatic rings. The van der Waals surface area contributed by atoms with Crippen LogP contribution in [0.3, 0.4) is 0 Å². The van der Waals surface area contributed by atoms with E-state index in [9.17, 15) is 14.4 Å². The van der Waals surface area contributed by atoms with Crippen LogP contribution in [0.5, 0.6) is 0 Å². The van der Waals surface area contributed by atoms with Crippen molar-refractivity contribution >= 4 is 29.4 Å². The van der Waals surface area contributed by atoms with Gasteiger partial charge in [-0.25, -0.2) is 0 Å². The van der Waals surface area contributed by atoms with E-state index < -0.39 is 5.54 Å². The van der Waals surface area contributed by atoms with Crippen molar-refractivity contribution in [3.63, 3.8) is 0 Å². The van der Waals surface area contributed by atoms with E-state index in [2.05, 4.69) is 5.32 Å². The van der Waals surface area contributed by atoms with Crippen LogP contribution in [0.15, 0.2) is 60.7 Å². The summed E-state index contributed by atoms with van der Waals surface area (Å²) in [7, 11) is 0. The quantitative estimate of drug-likeness (QED) is 0.556. The zero-order valence-electron chi connectivity index (χ0n) is 17.8. The van der Waals surface area contributed by atoms with Crippen molar-refractivity contribution in [2.24, 2.45) is 0 Å². The van der Waals surface area contributed by atoms with Crippen molar-refractivity contribution in [2.45, 2.75) is 57.0 Å². The zero-order valence-corrected chi connectivity index (χ0v) is 17.8. The van der Waals surface area contributed by atoms with E-state index in [1.807, 2.05) is 42.5 Å². The third kappa shape index (κ3) is 4.31. The maximum absolute atomic E-state index is 13.5. The number of nitrogens with one attached hydrogen (secondary N) is 1. The van der Waals surface area contributed by atoms with E-state index in [1.54, 1.807) is 29.2 Å². The molecule has 5 nitrogen and oxygen atoms in total. The Balaban J connectivity index is 1.66. The average molecular weight is 417 g/mol. The lowest BCUT2D eigenvalue weighted by Gasteiger charge is -2.49. The van der Waals surface area contributed by atoms with Gasteiger partial charge in [0.1, 0.15) is 0 Å². The van der Waals surface area contributed by atoms with Crippen LogP contribution in [0.25, 0.3) is 6.08 Å². The number of hydrogen-bond acceptors (Lipinski definition) is 3. The number of hydrogen-bond donors (Lipinski definition) is 1. The van der Waals surface area contributed by atoms with E-state index >= 15 is 0 Å². The highest BCUT2D eigenvalue weighted by Gasteiger charge is 2.55. The minimum absolute atomic E-state index is 0.0354. The molecule has 0 aromatic heterocycles. The van der Waals surface area contributed by atoms with Crippen LogP contribution in [0.2, 0.25) is 0 Å². The Labute approximate surface area is 183 Å². The summed E-state index contributed by atoms with van der Waals surface area (Å²) >= 11 is 0. The summed E-state index contributed by atoms with van der Waals surface area (Å²) in [6, 6.07) is 16.8. The predicted molar refractivity (Wildman–Crippen MR) is 122 cm³/mol. The first-order valence-corrected chi connectivity index (χ1v) is 11.0. The summed E-state index contributed by atoms with van der Waals surface area (Å²) in [5, 5.41) is 3.21. The second-order valence-electron chi connectivity index (χ2n) is 8.49. The second-order valence-corrected chi connectivity index (χ2v) is 8.49. The van der Waals surface area contributed by atoms with Gasteiger partial charge in [-0.1, -0.05) is 55.7 Å². The van der Waals surface area contributed by atoms with Crippen LogP contribution < -0.4 is 10.2 Å². The lowest BCUT2D eigenvalue weighted by Crippen LogP contribution is -2.70. The number of β-lactam (4-membered cyclic amide) rings is 1. The Kier molecular flexibility index (Phi) is 6.03. The van der Waals surface area contributed by atoms with Crippen molar-refractivity contribution in [2.75, 3.05) is 4.90 Å². The molecule has 1 aliphatic carbocycles. The van der Waals surface area contributed by atoms with Crippen LogP contribution in [0, 0.1) is 0 Å². The fourth-order valence-electron chi connectivity index (χ4n) is 4.49. The molecule has 1 saturated carbocycles. The maximum Gasteiger partial charge on any atom is 0.251 e. The van der Waals surface area contributed by atoms with E-state index in [1.165, 1.54) is 13.3 Å². The van der Waals surface area contributed by atoms with Gasteiger partial charge in [-0.2, -0.15) is 0 Å². The molecule has 0 radical (unpaired) electrons. The molecular weight excluding hydrogens is 388 g/mol. The van der Waals surface area contributed by atoms with Gasteiger partial charge in [-0.05, 0) is 55.7 Å². The maximum atomic E-state index is 13.5. The molecule has 2 aromatic carbocycles. The van der Waals surface area contributed by atoms with Gasteiger partial charge < -0.3 is 5.32 Å². The smallest absolute Gasteiger partial charge is 0.251 e. The summed E-state index contributed by atoms with van der Waals surface area (Å²) in [6.45, 7) is 1.51. The first-order valence-electron chi connectivity index (χ1n) is 11.0. The lowest BCUT2D eigenvalue weighted by molar-refractivity contribution is -0.137. The molecule has 1 heterocycles. The van der Waals surface area contributed by atoms with Gasteiger partial charge >= 0.3 is 0 Å². The monoisotopic (exact) mass is 416 g/mol. The summed E-state index contributed by atoms with van der Waals surface area (Å²) in [5.41, 5.74) is 1.10.